The van der Waals surface area contributed by atoms with Gasteiger partial charge in [-0.15, -0.1) is 0 Å². The minimum absolute atomic E-state index is 0.871. The number of carbonyl (C=O) groups is 1. The Labute approximate surface area is 171 Å². The molecule has 0 aliphatic rings. The highest BCUT2D eigenvalue weighted by Gasteiger charge is 1.95. The van der Waals surface area contributed by atoms with Crippen molar-refractivity contribution in [1.82, 2.24) is 0 Å². The fraction of sp³-hybridized carbons (Fsp3) is 0.808. The zero-order chi connectivity index (χ0) is 19.7. The lowest BCUT2D eigenvalue weighted by Crippen LogP contribution is -1.84. The maximum atomic E-state index is 10.1. The Bertz CT molecular complexity index is 329. The summed E-state index contributed by atoms with van der Waals surface area (Å²) < 4.78 is 0. The van der Waals surface area contributed by atoms with Crippen LogP contribution in [-0.2, 0) is 4.79 Å². The second kappa shape index (κ2) is 25.1. The summed E-state index contributed by atoms with van der Waals surface area (Å²) in [5, 5.41) is 0. The molecule has 0 rings (SSSR count). The van der Waals surface area contributed by atoms with Crippen LogP contribution in [0.4, 0.5) is 0 Å². The summed E-state index contributed by atoms with van der Waals surface area (Å²) in [5.74, 6) is 0. The summed E-state index contributed by atoms with van der Waals surface area (Å²) in [5.41, 5.74) is 0. The number of unbranched alkanes of at least 4 members (excludes halogenated alkanes) is 19. The molecule has 0 unspecified atom stereocenters. The molecule has 0 aromatic carbocycles. The molecule has 1 heteroatoms. The molecule has 0 saturated heterocycles. The van der Waals surface area contributed by atoms with Crippen LogP contribution < -0.4 is 0 Å². The Morgan fingerprint density at radius 3 is 1.04 bits per heavy atom. The first-order valence-electron chi connectivity index (χ1n) is 12.1. The molecule has 0 aliphatic carbocycles. The third-order valence-electron chi connectivity index (χ3n) is 5.44. The van der Waals surface area contributed by atoms with Gasteiger partial charge in [0, 0.05) is 0 Å². The second-order valence-corrected chi connectivity index (χ2v) is 8.07. The molecule has 0 aromatic heterocycles. The molecule has 0 amide bonds. The molecule has 0 radical (unpaired) electrons. The predicted octanol–water partition coefficient (Wildman–Crippen LogP) is 9.12. The molecular weight excluding hydrogens is 328 g/mol. The Kier molecular flexibility index (Phi) is 24.4. The van der Waals surface area contributed by atoms with Crippen molar-refractivity contribution in [3.63, 3.8) is 0 Å². The van der Waals surface area contributed by atoms with Gasteiger partial charge < -0.3 is 0 Å². The van der Waals surface area contributed by atoms with Gasteiger partial charge in [-0.05, 0) is 38.7 Å². The van der Waals surface area contributed by atoms with Gasteiger partial charge >= 0.3 is 0 Å². The van der Waals surface area contributed by atoms with Crippen LogP contribution in [0.2, 0.25) is 0 Å². The molecule has 0 aliphatic heterocycles. The van der Waals surface area contributed by atoms with Gasteiger partial charge in [0.15, 0.2) is 0 Å². The summed E-state index contributed by atoms with van der Waals surface area (Å²) in [7, 11) is 0. The van der Waals surface area contributed by atoms with Crippen LogP contribution in [0.1, 0.15) is 135 Å². The zero-order valence-corrected chi connectivity index (χ0v) is 18.4. The van der Waals surface area contributed by atoms with Crippen molar-refractivity contribution in [3.8, 4) is 0 Å². The van der Waals surface area contributed by atoms with E-state index in [0.717, 1.165) is 12.7 Å². The minimum atomic E-state index is 0.871. The molecule has 0 spiro atoms. The number of hydrogen-bond acceptors (Lipinski definition) is 1. The summed E-state index contributed by atoms with van der Waals surface area (Å²) in [6.45, 7) is 2.11. The van der Waals surface area contributed by atoms with Gasteiger partial charge in [-0.1, -0.05) is 121 Å². The maximum absolute atomic E-state index is 10.1. The quantitative estimate of drug-likeness (QED) is 0.0796. The van der Waals surface area contributed by atoms with Gasteiger partial charge in [-0.3, -0.25) is 4.79 Å². The van der Waals surface area contributed by atoms with E-state index in [0.29, 0.717) is 0 Å². The highest BCUT2D eigenvalue weighted by molar-refractivity contribution is 5.64. The van der Waals surface area contributed by atoms with Crippen molar-refractivity contribution in [3.05, 3.63) is 24.3 Å². The van der Waals surface area contributed by atoms with Gasteiger partial charge in [0.2, 0.25) is 0 Å². The Hall–Kier alpha value is -0.850. The summed E-state index contributed by atoms with van der Waals surface area (Å²) >= 11 is 0. The van der Waals surface area contributed by atoms with Crippen molar-refractivity contribution in [2.45, 2.75) is 135 Å². The lowest BCUT2D eigenvalue weighted by Gasteiger charge is -2.04. The van der Waals surface area contributed by atoms with Gasteiger partial charge in [0.05, 0.1) is 0 Å². The van der Waals surface area contributed by atoms with Crippen LogP contribution >= 0.6 is 0 Å². The Balaban J connectivity index is 3.01. The van der Waals surface area contributed by atoms with Gasteiger partial charge in [0.25, 0.3) is 0 Å². The highest BCUT2D eigenvalue weighted by Crippen LogP contribution is 2.14. The molecule has 1 nitrogen and oxygen atoms in total. The van der Waals surface area contributed by atoms with E-state index in [4.69, 9.17) is 0 Å². The molecular formula is C26H48O. The van der Waals surface area contributed by atoms with Crippen LogP contribution in [0, 0.1) is 0 Å². The molecule has 0 bridgehead atoms. The molecule has 0 heterocycles. The van der Waals surface area contributed by atoms with Crippen LogP contribution in [0.5, 0.6) is 0 Å². The van der Waals surface area contributed by atoms with Crippen molar-refractivity contribution >= 4 is 6.29 Å². The van der Waals surface area contributed by atoms with Crippen molar-refractivity contribution in [2.75, 3.05) is 0 Å². The molecule has 27 heavy (non-hydrogen) atoms. The molecule has 0 N–H and O–H groups in total. The molecule has 158 valence electrons. The van der Waals surface area contributed by atoms with E-state index in [1.807, 2.05) is 6.08 Å². The van der Waals surface area contributed by atoms with Crippen LogP contribution in [-0.4, -0.2) is 6.29 Å². The molecule has 0 saturated carbocycles. The van der Waals surface area contributed by atoms with E-state index >= 15 is 0 Å². The number of aldehydes is 1. The largest absolute Gasteiger partial charge is 0.299 e. The summed E-state index contributed by atoms with van der Waals surface area (Å²) in [4.78, 5) is 10.1. The van der Waals surface area contributed by atoms with Crippen LogP contribution in [0.3, 0.4) is 0 Å². The standard InChI is InChI=1S/C26H48O/c1-2-3-4-5-6-7-8-9-10-11-12-13-14-15-16-17-18-19-20-21-22-23-24-25-26-27/h2-3,24-26H,4-23H2,1H3. The maximum Gasteiger partial charge on any atom is 0.142 e. The highest BCUT2D eigenvalue weighted by atomic mass is 16.1. The smallest absolute Gasteiger partial charge is 0.142 e. The minimum Gasteiger partial charge on any atom is -0.299 e. The molecule has 0 fully saturated rings. The number of rotatable bonds is 22. The van der Waals surface area contributed by atoms with E-state index in [-0.39, 0.29) is 0 Å². The van der Waals surface area contributed by atoms with Crippen LogP contribution in [0.15, 0.2) is 24.3 Å². The average molecular weight is 377 g/mol. The topological polar surface area (TPSA) is 17.1 Å². The normalized spacial score (nSPS) is 11.7. The predicted molar refractivity (Wildman–Crippen MR) is 122 cm³/mol. The number of allylic oxidation sites excluding steroid dienone is 4. The lowest BCUT2D eigenvalue weighted by atomic mass is 10.0. The van der Waals surface area contributed by atoms with E-state index in [1.54, 1.807) is 6.08 Å². The Morgan fingerprint density at radius 2 is 0.741 bits per heavy atom. The van der Waals surface area contributed by atoms with E-state index in [9.17, 15) is 4.79 Å². The van der Waals surface area contributed by atoms with Crippen molar-refractivity contribution in [2.24, 2.45) is 0 Å². The molecule has 0 atom stereocenters. The third-order valence-corrected chi connectivity index (χ3v) is 5.44. The summed E-state index contributed by atoms with van der Waals surface area (Å²) in [6.07, 6.45) is 36.8. The monoisotopic (exact) mass is 376 g/mol. The third kappa shape index (κ3) is 25.2. The second-order valence-electron chi connectivity index (χ2n) is 8.07. The van der Waals surface area contributed by atoms with Crippen molar-refractivity contribution in [1.29, 1.82) is 0 Å². The SMILES string of the molecule is CC=CCCCCCCCCCCCCCCCCCCCCC=CC=O. The van der Waals surface area contributed by atoms with E-state index < -0.39 is 0 Å². The van der Waals surface area contributed by atoms with Crippen molar-refractivity contribution < 1.29 is 4.79 Å². The number of carbonyl (C=O) groups excluding carboxylic acids is 1. The first-order valence-corrected chi connectivity index (χ1v) is 12.1. The van der Waals surface area contributed by atoms with Gasteiger partial charge in [-0.2, -0.15) is 0 Å². The number of hydrogen-bond donors (Lipinski definition) is 0. The van der Waals surface area contributed by atoms with Gasteiger partial charge in [0.1, 0.15) is 6.29 Å². The molecule has 0 aromatic rings. The zero-order valence-electron chi connectivity index (χ0n) is 18.4. The van der Waals surface area contributed by atoms with E-state index in [2.05, 4.69) is 19.1 Å². The lowest BCUT2D eigenvalue weighted by molar-refractivity contribution is -0.104. The fourth-order valence-corrected chi connectivity index (χ4v) is 3.67. The first kappa shape index (κ1) is 26.1. The average Bonchev–Trinajstić information content (AvgIpc) is 2.68. The van der Waals surface area contributed by atoms with Gasteiger partial charge in [-0.25, -0.2) is 0 Å². The Morgan fingerprint density at radius 1 is 0.444 bits per heavy atom. The van der Waals surface area contributed by atoms with E-state index in [1.165, 1.54) is 122 Å². The van der Waals surface area contributed by atoms with Crippen LogP contribution in [0.25, 0.3) is 0 Å². The fourth-order valence-electron chi connectivity index (χ4n) is 3.67. The summed E-state index contributed by atoms with van der Waals surface area (Å²) in [6, 6.07) is 0. The first-order chi connectivity index (χ1) is 13.4.